The number of methoxy groups -OCH3 is 1. The van der Waals surface area contributed by atoms with E-state index in [0.717, 1.165) is 31.4 Å². The van der Waals surface area contributed by atoms with Crippen LogP contribution >= 0.6 is 12.4 Å². The maximum Gasteiger partial charge on any atom is 0.219 e. The van der Waals surface area contributed by atoms with Gasteiger partial charge in [-0.25, -0.2) is 0 Å². The van der Waals surface area contributed by atoms with Crippen molar-refractivity contribution in [2.24, 2.45) is 0 Å². The number of ether oxygens (including phenoxy) is 2. The van der Waals surface area contributed by atoms with Crippen LogP contribution in [-0.2, 0) is 17.6 Å². The number of carbonyl (C=O) groups excluding carboxylic acids is 1. The van der Waals surface area contributed by atoms with E-state index in [9.17, 15) is 9.90 Å². The lowest BCUT2D eigenvalue weighted by atomic mass is 10.0. The molecule has 1 aliphatic carbocycles. The van der Waals surface area contributed by atoms with E-state index in [2.05, 4.69) is 22.8 Å². The predicted octanol–water partition coefficient (Wildman–Crippen LogP) is 2.86. The Bertz CT molecular complexity index is 803. The molecule has 30 heavy (non-hydrogen) atoms. The van der Waals surface area contributed by atoms with Crippen LogP contribution in [0.25, 0.3) is 0 Å². The first-order chi connectivity index (χ1) is 14.0. The summed E-state index contributed by atoms with van der Waals surface area (Å²) in [5, 5.41) is 16.8. The van der Waals surface area contributed by atoms with E-state index in [1.54, 1.807) is 19.2 Å². The number of para-hydroxylation sites is 1. The van der Waals surface area contributed by atoms with Gasteiger partial charge in [0.1, 0.15) is 17.6 Å². The van der Waals surface area contributed by atoms with Crippen LogP contribution in [0.3, 0.4) is 0 Å². The zero-order valence-electron chi connectivity index (χ0n) is 17.5. The molecule has 0 aliphatic heterocycles. The molecule has 164 valence electrons. The summed E-state index contributed by atoms with van der Waals surface area (Å²) in [6.07, 6.45) is 2.33. The van der Waals surface area contributed by atoms with Crippen molar-refractivity contribution in [1.82, 2.24) is 10.6 Å². The van der Waals surface area contributed by atoms with Gasteiger partial charge in [0.15, 0.2) is 6.23 Å². The van der Waals surface area contributed by atoms with Crippen LogP contribution < -0.4 is 20.1 Å². The fourth-order valence-electron chi connectivity index (χ4n) is 3.69. The molecule has 1 aliphatic rings. The lowest BCUT2D eigenvalue weighted by Gasteiger charge is -2.27. The topological polar surface area (TPSA) is 79.8 Å². The highest BCUT2D eigenvalue weighted by Crippen LogP contribution is 2.25. The van der Waals surface area contributed by atoms with Gasteiger partial charge >= 0.3 is 0 Å². The third-order valence-corrected chi connectivity index (χ3v) is 5.20. The van der Waals surface area contributed by atoms with E-state index in [0.29, 0.717) is 12.3 Å². The van der Waals surface area contributed by atoms with Gasteiger partial charge in [-0.2, -0.15) is 0 Å². The molecule has 0 heterocycles. The van der Waals surface area contributed by atoms with Crippen LogP contribution in [0.1, 0.15) is 30.9 Å². The van der Waals surface area contributed by atoms with E-state index in [1.165, 1.54) is 18.1 Å². The van der Waals surface area contributed by atoms with Crippen LogP contribution in [-0.4, -0.2) is 43.0 Å². The SMILES string of the molecule is COc1ccc2c(c1)CC(NC[C@H](O)C(NC(C)=O)Oc1ccccc1)CCC2.Cl. The van der Waals surface area contributed by atoms with E-state index < -0.39 is 12.3 Å². The van der Waals surface area contributed by atoms with Crippen molar-refractivity contribution in [2.45, 2.75) is 51.0 Å². The minimum Gasteiger partial charge on any atom is -0.497 e. The quantitative estimate of drug-likeness (QED) is 0.439. The molecule has 2 unspecified atom stereocenters. The van der Waals surface area contributed by atoms with Crippen molar-refractivity contribution < 1.29 is 19.4 Å². The Morgan fingerprint density at radius 2 is 1.93 bits per heavy atom. The van der Waals surface area contributed by atoms with Gasteiger partial charge < -0.3 is 25.2 Å². The second-order valence-corrected chi connectivity index (χ2v) is 7.46. The van der Waals surface area contributed by atoms with Crippen molar-refractivity contribution in [3.05, 3.63) is 59.7 Å². The Balaban J connectivity index is 0.00000320. The van der Waals surface area contributed by atoms with Crippen LogP contribution in [0.15, 0.2) is 48.5 Å². The molecule has 3 atom stereocenters. The van der Waals surface area contributed by atoms with Crippen molar-refractivity contribution >= 4 is 18.3 Å². The number of aliphatic hydroxyl groups is 1. The highest BCUT2D eigenvalue weighted by atomic mass is 35.5. The zero-order chi connectivity index (χ0) is 20.6. The molecule has 7 heteroatoms. The minimum absolute atomic E-state index is 0. The molecule has 0 radical (unpaired) electrons. The summed E-state index contributed by atoms with van der Waals surface area (Å²) < 4.78 is 11.2. The highest BCUT2D eigenvalue weighted by molar-refractivity contribution is 5.85. The number of aliphatic hydroxyl groups excluding tert-OH is 1. The lowest BCUT2D eigenvalue weighted by Crippen LogP contribution is -2.51. The molecule has 0 spiro atoms. The molecule has 0 bridgehead atoms. The number of carbonyl (C=O) groups is 1. The van der Waals surface area contributed by atoms with Gasteiger partial charge in [-0.05, 0) is 61.1 Å². The first-order valence-electron chi connectivity index (χ1n) is 10.1. The number of rotatable bonds is 8. The second kappa shape index (κ2) is 11.8. The van der Waals surface area contributed by atoms with E-state index in [4.69, 9.17) is 9.47 Å². The number of hydrogen-bond acceptors (Lipinski definition) is 5. The van der Waals surface area contributed by atoms with Crippen molar-refractivity contribution in [1.29, 1.82) is 0 Å². The number of benzene rings is 2. The molecular weight excluding hydrogens is 404 g/mol. The summed E-state index contributed by atoms with van der Waals surface area (Å²) in [5.41, 5.74) is 2.65. The normalized spacial score (nSPS) is 17.5. The number of nitrogens with one attached hydrogen (secondary N) is 2. The van der Waals surface area contributed by atoms with Gasteiger partial charge in [0.2, 0.25) is 5.91 Å². The smallest absolute Gasteiger partial charge is 0.219 e. The third kappa shape index (κ3) is 6.90. The van der Waals surface area contributed by atoms with Crippen LogP contribution in [0.5, 0.6) is 11.5 Å². The summed E-state index contributed by atoms with van der Waals surface area (Å²) in [4.78, 5) is 11.6. The molecule has 0 saturated carbocycles. The Hall–Kier alpha value is -2.28. The molecule has 1 amide bonds. The van der Waals surface area contributed by atoms with Crippen LogP contribution in [0.2, 0.25) is 0 Å². The summed E-state index contributed by atoms with van der Waals surface area (Å²) in [6.45, 7) is 1.73. The Labute approximate surface area is 184 Å². The maximum atomic E-state index is 11.6. The van der Waals surface area contributed by atoms with E-state index in [1.807, 2.05) is 24.3 Å². The molecule has 6 nitrogen and oxygen atoms in total. The first kappa shape index (κ1) is 24.0. The molecular formula is C23H31ClN2O4. The van der Waals surface area contributed by atoms with E-state index in [-0.39, 0.29) is 24.4 Å². The van der Waals surface area contributed by atoms with Gasteiger partial charge in [-0.15, -0.1) is 12.4 Å². The number of hydrogen-bond donors (Lipinski definition) is 3. The molecule has 3 N–H and O–H groups in total. The Morgan fingerprint density at radius 3 is 2.63 bits per heavy atom. The molecule has 0 aromatic heterocycles. The van der Waals surface area contributed by atoms with Gasteiger partial charge in [-0.3, -0.25) is 4.79 Å². The highest BCUT2D eigenvalue weighted by Gasteiger charge is 2.24. The fraction of sp³-hybridized carbons (Fsp3) is 0.435. The second-order valence-electron chi connectivity index (χ2n) is 7.46. The first-order valence-corrected chi connectivity index (χ1v) is 10.1. The average Bonchev–Trinajstić information content (AvgIpc) is 2.93. The van der Waals surface area contributed by atoms with Gasteiger partial charge in [-0.1, -0.05) is 24.3 Å². The van der Waals surface area contributed by atoms with Gasteiger partial charge in [0, 0.05) is 19.5 Å². The minimum atomic E-state index is -0.882. The molecule has 2 aromatic carbocycles. The third-order valence-electron chi connectivity index (χ3n) is 5.20. The van der Waals surface area contributed by atoms with E-state index >= 15 is 0 Å². The van der Waals surface area contributed by atoms with Crippen LogP contribution in [0.4, 0.5) is 0 Å². The number of amides is 1. The standard InChI is InChI=1S/C23H30N2O4.ClH/c1-16(26)25-23(29-20-9-4-3-5-10-20)22(27)15-24-19-8-6-7-17-11-12-21(28-2)14-18(17)13-19;/h3-5,9-12,14,19,22-24,27H,6-8,13,15H2,1-2H3,(H,25,26);1H/t19?,22-,23?;/m0./s1. The monoisotopic (exact) mass is 434 g/mol. The molecule has 2 aromatic rings. The molecule has 3 rings (SSSR count). The summed E-state index contributed by atoms with van der Waals surface area (Å²) >= 11 is 0. The van der Waals surface area contributed by atoms with Crippen molar-refractivity contribution in [2.75, 3.05) is 13.7 Å². The summed E-state index contributed by atoms with van der Waals surface area (Å²) in [7, 11) is 1.68. The predicted molar refractivity (Wildman–Crippen MR) is 119 cm³/mol. The maximum absolute atomic E-state index is 11.6. The lowest BCUT2D eigenvalue weighted by molar-refractivity contribution is -0.123. The fourth-order valence-corrected chi connectivity index (χ4v) is 3.69. The number of aryl methyl sites for hydroxylation is 1. The van der Waals surface area contributed by atoms with Gasteiger partial charge in [0.05, 0.1) is 7.11 Å². The van der Waals surface area contributed by atoms with Crippen LogP contribution in [0, 0.1) is 0 Å². The number of halogens is 1. The summed E-state index contributed by atoms with van der Waals surface area (Å²) in [5.74, 6) is 1.22. The zero-order valence-corrected chi connectivity index (χ0v) is 18.3. The molecule has 0 saturated heterocycles. The summed E-state index contributed by atoms with van der Waals surface area (Å²) in [6, 6.07) is 15.7. The van der Waals surface area contributed by atoms with Crippen molar-refractivity contribution in [3.8, 4) is 11.5 Å². The van der Waals surface area contributed by atoms with Gasteiger partial charge in [0.25, 0.3) is 0 Å². The number of fused-ring (bicyclic) bond motifs is 1. The Kier molecular flexibility index (Phi) is 9.43. The van der Waals surface area contributed by atoms with Crippen molar-refractivity contribution in [3.63, 3.8) is 0 Å². The largest absolute Gasteiger partial charge is 0.497 e. The Morgan fingerprint density at radius 1 is 1.17 bits per heavy atom. The average molecular weight is 435 g/mol. The molecule has 0 fully saturated rings.